The highest BCUT2D eigenvalue weighted by atomic mass is 32.2. The van der Waals surface area contributed by atoms with Gasteiger partial charge in [-0.3, -0.25) is 4.79 Å². The molecule has 1 heterocycles. The van der Waals surface area contributed by atoms with Gasteiger partial charge in [0.05, 0.1) is 16.4 Å². The lowest BCUT2D eigenvalue weighted by molar-refractivity contribution is 0.102. The van der Waals surface area contributed by atoms with Crippen molar-refractivity contribution in [1.29, 1.82) is 0 Å². The molecule has 0 aliphatic carbocycles. The molecule has 136 valence electrons. The number of thiazole rings is 1. The van der Waals surface area contributed by atoms with E-state index in [4.69, 9.17) is 0 Å². The predicted molar refractivity (Wildman–Crippen MR) is 101 cm³/mol. The topological polar surface area (TPSA) is 79.4 Å². The van der Waals surface area contributed by atoms with E-state index in [1.54, 1.807) is 25.1 Å². The van der Waals surface area contributed by atoms with Crippen molar-refractivity contribution in [3.05, 3.63) is 39.8 Å². The number of carbonyl (C=O) groups is 1. The van der Waals surface area contributed by atoms with Gasteiger partial charge in [-0.1, -0.05) is 32.9 Å². The fourth-order valence-corrected chi connectivity index (χ4v) is 4.16. The molecule has 0 aliphatic rings. The summed E-state index contributed by atoms with van der Waals surface area (Å²) in [5.41, 5.74) is 0.742. The van der Waals surface area contributed by atoms with E-state index < -0.39 is 10.0 Å². The van der Waals surface area contributed by atoms with Gasteiger partial charge in [0, 0.05) is 19.5 Å². The second-order valence-electron chi connectivity index (χ2n) is 6.92. The van der Waals surface area contributed by atoms with Crippen LogP contribution in [0.3, 0.4) is 0 Å². The Morgan fingerprint density at radius 2 is 1.80 bits per heavy atom. The molecule has 0 atom stereocenters. The van der Waals surface area contributed by atoms with Crippen molar-refractivity contribution in [1.82, 2.24) is 9.29 Å². The molecule has 0 unspecified atom stereocenters. The minimum absolute atomic E-state index is 0.0616. The van der Waals surface area contributed by atoms with Gasteiger partial charge in [-0.25, -0.2) is 17.7 Å². The first-order valence-electron chi connectivity index (χ1n) is 7.75. The number of sulfonamides is 1. The molecule has 0 bridgehead atoms. The number of benzene rings is 1. The summed E-state index contributed by atoms with van der Waals surface area (Å²) in [6.07, 6.45) is 0. The monoisotopic (exact) mass is 381 g/mol. The van der Waals surface area contributed by atoms with E-state index in [2.05, 4.69) is 10.3 Å². The van der Waals surface area contributed by atoms with E-state index in [1.807, 2.05) is 20.8 Å². The zero-order valence-corrected chi connectivity index (χ0v) is 16.9. The zero-order valence-electron chi connectivity index (χ0n) is 15.2. The molecule has 0 fully saturated rings. The molecule has 6 nitrogen and oxygen atoms in total. The lowest BCUT2D eigenvalue weighted by Crippen LogP contribution is -2.24. The Morgan fingerprint density at radius 3 is 2.32 bits per heavy atom. The van der Waals surface area contributed by atoms with E-state index in [0.717, 1.165) is 9.31 Å². The number of hydrogen-bond donors (Lipinski definition) is 1. The number of rotatable bonds is 4. The third kappa shape index (κ3) is 4.08. The summed E-state index contributed by atoms with van der Waals surface area (Å²) >= 11 is 1.33. The van der Waals surface area contributed by atoms with E-state index in [0.29, 0.717) is 10.6 Å². The van der Waals surface area contributed by atoms with Crippen LogP contribution in [0.2, 0.25) is 0 Å². The van der Waals surface area contributed by atoms with Crippen LogP contribution in [-0.2, 0) is 15.4 Å². The first-order chi connectivity index (χ1) is 11.4. The molecule has 2 aromatic rings. The van der Waals surface area contributed by atoms with E-state index in [-0.39, 0.29) is 21.9 Å². The maximum atomic E-state index is 12.7. The lowest BCUT2D eigenvalue weighted by Gasteiger charge is -2.15. The maximum absolute atomic E-state index is 12.7. The number of para-hydroxylation sites is 1. The van der Waals surface area contributed by atoms with Crippen molar-refractivity contribution >= 4 is 33.0 Å². The van der Waals surface area contributed by atoms with Crippen molar-refractivity contribution < 1.29 is 13.2 Å². The first kappa shape index (κ1) is 19.6. The van der Waals surface area contributed by atoms with Crippen LogP contribution in [0.15, 0.2) is 29.2 Å². The predicted octanol–water partition coefficient (Wildman–Crippen LogP) is 3.25. The van der Waals surface area contributed by atoms with Crippen LogP contribution in [0.25, 0.3) is 0 Å². The smallest absolute Gasteiger partial charge is 0.267 e. The van der Waals surface area contributed by atoms with E-state index in [9.17, 15) is 13.2 Å². The summed E-state index contributed by atoms with van der Waals surface area (Å²) in [5.74, 6) is -0.355. The number of aryl methyl sites for hydroxylation is 1. The molecule has 0 aliphatic heterocycles. The quantitative estimate of drug-likeness (QED) is 0.882. The first-order valence-corrected chi connectivity index (χ1v) is 10.0. The molecule has 2 rings (SSSR count). The average molecular weight is 382 g/mol. The second kappa shape index (κ2) is 6.86. The molecule has 0 radical (unpaired) electrons. The van der Waals surface area contributed by atoms with Crippen LogP contribution >= 0.6 is 11.3 Å². The van der Waals surface area contributed by atoms with Gasteiger partial charge in [0.15, 0.2) is 0 Å². The molecule has 8 heteroatoms. The number of amides is 1. The second-order valence-corrected chi connectivity index (χ2v) is 10.0. The van der Waals surface area contributed by atoms with Crippen LogP contribution in [-0.4, -0.2) is 37.7 Å². The number of hydrogen-bond acceptors (Lipinski definition) is 5. The van der Waals surface area contributed by atoms with E-state index >= 15 is 0 Å². The Labute approximate surface area is 153 Å². The van der Waals surface area contributed by atoms with Crippen molar-refractivity contribution in [2.24, 2.45) is 0 Å². The molecular weight excluding hydrogens is 358 g/mol. The minimum Gasteiger partial charge on any atom is -0.320 e. The zero-order chi connectivity index (χ0) is 19.0. The van der Waals surface area contributed by atoms with Gasteiger partial charge in [0.1, 0.15) is 9.77 Å². The molecule has 0 saturated carbocycles. The molecular formula is C17H23N3O3S2. The largest absolute Gasteiger partial charge is 0.320 e. The van der Waals surface area contributed by atoms with Gasteiger partial charge in [-0.15, -0.1) is 11.3 Å². The number of nitrogens with zero attached hydrogens (tertiary/aromatic N) is 2. The standard InChI is InChI=1S/C17H23N3O3S2/c1-11-14(24-16(18-11)17(2,3)4)15(21)19-12-9-7-8-10-13(12)25(22,23)20(5)6/h7-10H,1-6H3,(H,19,21). The molecule has 1 aromatic carbocycles. The fourth-order valence-electron chi connectivity index (χ4n) is 2.10. The highest BCUT2D eigenvalue weighted by molar-refractivity contribution is 7.89. The number of nitrogens with one attached hydrogen (secondary N) is 1. The molecule has 25 heavy (non-hydrogen) atoms. The summed E-state index contributed by atoms with van der Waals surface area (Å²) < 4.78 is 26.0. The normalized spacial score (nSPS) is 12.4. The summed E-state index contributed by atoms with van der Waals surface area (Å²) in [6.45, 7) is 7.88. The van der Waals surface area contributed by atoms with Gasteiger partial charge in [-0.05, 0) is 19.1 Å². The van der Waals surface area contributed by atoms with Crippen molar-refractivity contribution in [2.45, 2.75) is 38.0 Å². The van der Waals surface area contributed by atoms with Crippen LogP contribution < -0.4 is 5.32 Å². The average Bonchev–Trinajstić information content (AvgIpc) is 2.89. The van der Waals surface area contributed by atoms with Gasteiger partial charge >= 0.3 is 0 Å². The fraction of sp³-hybridized carbons (Fsp3) is 0.412. The Morgan fingerprint density at radius 1 is 1.20 bits per heavy atom. The molecule has 1 amide bonds. The third-order valence-corrected chi connectivity index (χ3v) is 6.99. The maximum Gasteiger partial charge on any atom is 0.267 e. The molecule has 0 spiro atoms. The molecule has 1 N–H and O–H groups in total. The van der Waals surface area contributed by atoms with Crippen molar-refractivity contribution in [3.63, 3.8) is 0 Å². The lowest BCUT2D eigenvalue weighted by atomic mass is 9.98. The highest BCUT2D eigenvalue weighted by Crippen LogP contribution is 2.30. The van der Waals surface area contributed by atoms with Crippen molar-refractivity contribution in [3.8, 4) is 0 Å². The van der Waals surface area contributed by atoms with Gasteiger partial charge in [0.25, 0.3) is 5.91 Å². The van der Waals surface area contributed by atoms with Gasteiger partial charge < -0.3 is 5.32 Å². The Balaban J connectivity index is 2.39. The van der Waals surface area contributed by atoms with Gasteiger partial charge in [-0.2, -0.15) is 0 Å². The summed E-state index contributed by atoms with van der Waals surface area (Å²) in [7, 11) is -0.747. The molecule has 0 saturated heterocycles. The minimum atomic E-state index is -3.66. The van der Waals surface area contributed by atoms with Crippen LogP contribution in [0, 0.1) is 6.92 Å². The van der Waals surface area contributed by atoms with Crippen molar-refractivity contribution in [2.75, 3.05) is 19.4 Å². The summed E-state index contributed by atoms with van der Waals surface area (Å²) in [4.78, 5) is 17.7. The highest BCUT2D eigenvalue weighted by Gasteiger charge is 2.25. The summed E-state index contributed by atoms with van der Waals surface area (Å²) in [6, 6.07) is 6.37. The van der Waals surface area contributed by atoms with Crippen LogP contribution in [0.5, 0.6) is 0 Å². The SMILES string of the molecule is Cc1nc(C(C)(C)C)sc1C(=O)Nc1ccccc1S(=O)(=O)N(C)C. The number of aromatic nitrogens is 1. The Hall–Kier alpha value is -1.77. The molecule has 1 aromatic heterocycles. The Bertz CT molecular complexity index is 894. The van der Waals surface area contributed by atoms with Crippen LogP contribution in [0.1, 0.15) is 41.1 Å². The Kier molecular flexibility index (Phi) is 5.36. The number of carbonyl (C=O) groups excluding carboxylic acids is 1. The van der Waals surface area contributed by atoms with E-state index in [1.165, 1.54) is 31.5 Å². The van der Waals surface area contributed by atoms with Gasteiger partial charge in [0.2, 0.25) is 10.0 Å². The summed E-state index contributed by atoms with van der Waals surface area (Å²) in [5, 5.41) is 3.58. The third-order valence-electron chi connectivity index (χ3n) is 3.54. The van der Waals surface area contributed by atoms with Crippen LogP contribution in [0.4, 0.5) is 5.69 Å². The number of anilines is 1.